The largest absolute Gasteiger partial charge is 0.481 e. The summed E-state index contributed by atoms with van der Waals surface area (Å²) in [5.74, 6) is -9.77. The number of hydrogen-bond acceptors (Lipinski definition) is 4. The van der Waals surface area contributed by atoms with Crippen LogP contribution in [0, 0.1) is 17.8 Å². The first-order chi connectivity index (χ1) is 8.16. The van der Waals surface area contributed by atoms with E-state index in [9.17, 15) is 19.2 Å². The standard InChI is InChI=1S/C10H14O8/c1-4(9(15)16)5(2-7(11)12)6(10(17)18)3-8(13)14/h4-6H,2-3H2,1H3,(H,11,12)(H,13,14)(H,15,16)(H,17,18). The van der Waals surface area contributed by atoms with Crippen LogP contribution in [0.3, 0.4) is 0 Å². The third-order valence-corrected chi connectivity index (χ3v) is 2.67. The topological polar surface area (TPSA) is 149 Å². The molecule has 0 amide bonds. The Bertz CT molecular complexity index is 361. The molecule has 0 spiro atoms. The van der Waals surface area contributed by atoms with Gasteiger partial charge in [-0.15, -0.1) is 0 Å². The Morgan fingerprint density at radius 2 is 1.28 bits per heavy atom. The summed E-state index contributed by atoms with van der Waals surface area (Å²) >= 11 is 0. The zero-order valence-electron chi connectivity index (χ0n) is 9.57. The lowest BCUT2D eigenvalue weighted by Gasteiger charge is -2.24. The number of carbonyl (C=O) groups is 4. The zero-order chi connectivity index (χ0) is 14.5. The normalized spacial score (nSPS) is 15.4. The van der Waals surface area contributed by atoms with E-state index in [1.54, 1.807) is 0 Å². The van der Waals surface area contributed by atoms with Crippen molar-refractivity contribution in [3.05, 3.63) is 0 Å². The molecule has 102 valence electrons. The fourth-order valence-corrected chi connectivity index (χ4v) is 1.66. The van der Waals surface area contributed by atoms with Crippen molar-refractivity contribution in [2.24, 2.45) is 17.8 Å². The van der Waals surface area contributed by atoms with Crippen molar-refractivity contribution in [1.29, 1.82) is 0 Å². The summed E-state index contributed by atoms with van der Waals surface area (Å²) in [4.78, 5) is 42.9. The van der Waals surface area contributed by atoms with Crippen molar-refractivity contribution < 1.29 is 39.6 Å². The van der Waals surface area contributed by atoms with Gasteiger partial charge in [0.2, 0.25) is 0 Å². The first-order valence-corrected chi connectivity index (χ1v) is 5.06. The van der Waals surface area contributed by atoms with Crippen LogP contribution in [-0.4, -0.2) is 44.3 Å². The molecule has 0 heterocycles. The van der Waals surface area contributed by atoms with Gasteiger partial charge in [0, 0.05) is 6.42 Å². The summed E-state index contributed by atoms with van der Waals surface area (Å²) in [6.45, 7) is 1.16. The molecule has 0 saturated heterocycles. The third-order valence-electron chi connectivity index (χ3n) is 2.67. The summed E-state index contributed by atoms with van der Waals surface area (Å²) < 4.78 is 0. The van der Waals surface area contributed by atoms with E-state index in [4.69, 9.17) is 20.4 Å². The number of hydrogen-bond donors (Lipinski definition) is 4. The second-order valence-corrected chi connectivity index (χ2v) is 3.93. The number of carboxylic acid groups (broad SMARTS) is 4. The van der Waals surface area contributed by atoms with Crippen LogP contribution in [0.25, 0.3) is 0 Å². The average Bonchev–Trinajstić information content (AvgIpc) is 2.20. The van der Waals surface area contributed by atoms with Crippen LogP contribution in [0.5, 0.6) is 0 Å². The van der Waals surface area contributed by atoms with E-state index in [0.717, 1.165) is 6.92 Å². The second-order valence-electron chi connectivity index (χ2n) is 3.93. The van der Waals surface area contributed by atoms with Gasteiger partial charge in [-0.3, -0.25) is 19.2 Å². The van der Waals surface area contributed by atoms with Gasteiger partial charge in [0.25, 0.3) is 0 Å². The number of aliphatic carboxylic acids is 4. The maximum Gasteiger partial charge on any atom is 0.307 e. The maximum atomic E-state index is 10.9. The Hall–Kier alpha value is -2.12. The van der Waals surface area contributed by atoms with Crippen LogP contribution < -0.4 is 0 Å². The first-order valence-electron chi connectivity index (χ1n) is 5.06. The van der Waals surface area contributed by atoms with Gasteiger partial charge < -0.3 is 20.4 Å². The molecule has 0 radical (unpaired) electrons. The molecular weight excluding hydrogens is 248 g/mol. The minimum atomic E-state index is -1.55. The predicted octanol–water partition coefficient (Wildman–Crippen LogP) is -0.0265. The maximum absolute atomic E-state index is 10.9. The highest BCUT2D eigenvalue weighted by molar-refractivity contribution is 5.80. The summed E-state index contributed by atoms with van der Waals surface area (Å²) in [5, 5.41) is 34.9. The van der Waals surface area contributed by atoms with E-state index in [1.807, 2.05) is 0 Å². The first kappa shape index (κ1) is 15.9. The van der Waals surface area contributed by atoms with E-state index in [0.29, 0.717) is 0 Å². The van der Waals surface area contributed by atoms with Crippen molar-refractivity contribution in [2.75, 3.05) is 0 Å². The monoisotopic (exact) mass is 262 g/mol. The van der Waals surface area contributed by atoms with Crippen molar-refractivity contribution in [3.63, 3.8) is 0 Å². The van der Waals surface area contributed by atoms with Crippen LogP contribution in [-0.2, 0) is 19.2 Å². The highest BCUT2D eigenvalue weighted by Gasteiger charge is 2.38. The van der Waals surface area contributed by atoms with Crippen molar-refractivity contribution >= 4 is 23.9 Å². The van der Waals surface area contributed by atoms with Crippen molar-refractivity contribution in [1.82, 2.24) is 0 Å². The Morgan fingerprint density at radius 3 is 1.56 bits per heavy atom. The summed E-state index contributed by atoms with van der Waals surface area (Å²) in [7, 11) is 0. The summed E-state index contributed by atoms with van der Waals surface area (Å²) in [6, 6.07) is 0. The molecule has 3 atom stereocenters. The highest BCUT2D eigenvalue weighted by Crippen LogP contribution is 2.28. The molecular formula is C10H14O8. The molecule has 8 nitrogen and oxygen atoms in total. The third kappa shape index (κ3) is 4.81. The molecule has 0 bridgehead atoms. The molecule has 0 aromatic heterocycles. The van der Waals surface area contributed by atoms with Gasteiger partial charge in [-0.25, -0.2) is 0 Å². The summed E-state index contributed by atoms with van der Waals surface area (Å²) in [6.07, 6.45) is -1.53. The Morgan fingerprint density at radius 1 is 0.833 bits per heavy atom. The summed E-state index contributed by atoms with van der Waals surface area (Å²) in [5.41, 5.74) is 0. The molecule has 4 N–H and O–H groups in total. The van der Waals surface area contributed by atoms with E-state index in [1.165, 1.54) is 0 Å². The molecule has 0 rings (SSSR count). The lowest BCUT2D eigenvalue weighted by atomic mass is 9.78. The fraction of sp³-hybridized carbons (Fsp3) is 0.600. The van der Waals surface area contributed by atoms with Gasteiger partial charge in [0.1, 0.15) is 0 Å². The average molecular weight is 262 g/mol. The van der Waals surface area contributed by atoms with E-state index in [-0.39, 0.29) is 0 Å². The molecule has 3 unspecified atom stereocenters. The lowest BCUT2D eigenvalue weighted by Crippen LogP contribution is -2.35. The van der Waals surface area contributed by atoms with Gasteiger partial charge in [-0.05, 0) is 5.92 Å². The van der Waals surface area contributed by atoms with Gasteiger partial charge in [-0.2, -0.15) is 0 Å². The molecule has 0 aliphatic rings. The molecule has 0 fully saturated rings. The van der Waals surface area contributed by atoms with Crippen LogP contribution >= 0.6 is 0 Å². The minimum absolute atomic E-state index is 0.711. The zero-order valence-corrected chi connectivity index (χ0v) is 9.57. The molecule has 8 heteroatoms. The van der Waals surface area contributed by atoms with Crippen LogP contribution in [0.4, 0.5) is 0 Å². The fourth-order valence-electron chi connectivity index (χ4n) is 1.66. The second kappa shape index (κ2) is 6.58. The number of rotatable bonds is 8. The van der Waals surface area contributed by atoms with Crippen molar-refractivity contribution in [2.45, 2.75) is 19.8 Å². The Kier molecular flexibility index (Phi) is 5.80. The van der Waals surface area contributed by atoms with Gasteiger partial charge in [0.05, 0.1) is 18.3 Å². The van der Waals surface area contributed by atoms with Crippen LogP contribution in [0.1, 0.15) is 19.8 Å². The predicted molar refractivity (Wildman–Crippen MR) is 55.9 cm³/mol. The molecule has 0 aliphatic heterocycles. The van der Waals surface area contributed by atoms with Crippen LogP contribution in [0.15, 0.2) is 0 Å². The van der Waals surface area contributed by atoms with Crippen molar-refractivity contribution in [3.8, 4) is 0 Å². The smallest absolute Gasteiger partial charge is 0.307 e. The number of carboxylic acids is 4. The molecule has 0 aromatic rings. The molecule has 18 heavy (non-hydrogen) atoms. The minimum Gasteiger partial charge on any atom is -0.481 e. The Balaban J connectivity index is 5.21. The van der Waals surface area contributed by atoms with Crippen LogP contribution in [0.2, 0.25) is 0 Å². The molecule has 0 saturated carbocycles. The Labute approximate surface area is 102 Å². The van der Waals surface area contributed by atoms with E-state index < -0.39 is 54.5 Å². The molecule has 0 aliphatic carbocycles. The van der Waals surface area contributed by atoms with Gasteiger partial charge in [0.15, 0.2) is 0 Å². The SMILES string of the molecule is CC(C(=O)O)C(CC(=O)O)C(CC(=O)O)C(=O)O. The highest BCUT2D eigenvalue weighted by atomic mass is 16.4. The molecule has 0 aromatic carbocycles. The lowest BCUT2D eigenvalue weighted by molar-refractivity contribution is -0.156. The van der Waals surface area contributed by atoms with E-state index >= 15 is 0 Å². The quantitative estimate of drug-likeness (QED) is 0.476. The van der Waals surface area contributed by atoms with E-state index in [2.05, 4.69) is 0 Å². The van der Waals surface area contributed by atoms with Gasteiger partial charge in [-0.1, -0.05) is 6.92 Å². The van der Waals surface area contributed by atoms with Gasteiger partial charge >= 0.3 is 23.9 Å².